The maximum Gasteiger partial charge on any atom is 0.254 e. The summed E-state index contributed by atoms with van der Waals surface area (Å²) < 4.78 is 13.4. The molecule has 2 nitrogen and oxygen atoms in total. The van der Waals surface area contributed by atoms with E-state index in [1.54, 1.807) is 0 Å². The molecule has 1 amide bonds. The maximum atomic E-state index is 13.4. The molecule has 1 aromatic carbocycles. The molecular formula is C13H17ClFNO. The van der Waals surface area contributed by atoms with Crippen molar-refractivity contribution in [2.75, 3.05) is 0 Å². The predicted molar refractivity (Wildman–Crippen MR) is 67.9 cm³/mol. The predicted octanol–water partition coefficient (Wildman–Crippen LogP) is 3.79. The molecule has 4 heteroatoms. The van der Waals surface area contributed by atoms with Crippen molar-refractivity contribution < 1.29 is 9.18 Å². The van der Waals surface area contributed by atoms with Gasteiger partial charge in [-0.1, -0.05) is 31.4 Å². The van der Waals surface area contributed by atoms with Gasteiger partial charge in [-0.3, -0.25) is 4.79 Å². The average Bonchev–Trinajstić information content (AvgIpc) is 2.29. The summed E-state index contributed by atoms with van der Waals surface area (Å²) in [5, 5.41) is 3.12. The molecule has 0 saturated carbocycles. The Labute approximate surface area is 106 Å². The molecule has 0 radical (unpaired) electrons. The Bertz CT molecular complexity index is 395. The fourth-order valence-corrected chi connectivity index (χ4v) is 1.73. The van der Waals surface area contributed by atoms with Gasteiger partial charge in [0.15, 0.2) is 0 Å². The Morgan fingerprint density at radius 1 is 1.53 bits per heavy atom. The fraction of sp³-hybridized carbons (Fsp3) is 0.462. The Morgan fingerprint density at radius 3 is 2.88 bits per heavy atom. The quantitative estimate of drug-likeness (QED) is 0.854. The van der Waals surface area contributed by atoms with Crippen molar-refractivity contribution in [1.29, 1.82) is 0 Å². The lowest BCUT2D eigenvalue weighted by Gasteiger charge is -2.13. The van der Waals surface area contributed by atoms with Crippen molar-refractivity contribution in [1.82, 2.24) is 5.32 Å². The number of hydrogen-bond acceptors (Lipinski definition) is 1. The second-order valence-electron chi connectivity index (χ2n) is 4.14. The molecule has 0 bridgehead atoms. The molecule has 0 heterocycles. The highest BCUT2D eigenvalue weighted by Gasteiger charge is 2.14. The van der Waals surface area contributed by atoms with Crippen molar-refractivity contribution in [3.63, 3.8) is 0 Å². The molecule has 0 aliphatic heterocycles. The van der Waals surface area contributed by atoms with E-state index >= 15 is 0 Å². The van der Waals surface area contributed by atoms with Crippen LogP contribution in [0.5, 0.6) is 0 Å². The van der Waals surface area contributed by atoms with Gasteiger partial charge in [0.2, 0.25) is 0 Å². The Balaban J connectivity index is 2.66. The first kappa shape index (κ1) is 14.0. The number of carbonyl (C=O) groups excluding carboxylic acids is 1. The molecule has 1 atom stereocenters. The third-order valence-electron chi connectivity index (χ3n) is 2.54. The van der Waals surface area contributed by atoms with Crippen LogP contribution in [-0.4, -0.2) is 11.9 Å². The van der Waals surface area contributed by atoms with E-state index in [9.17, 15) is 9.18 Å². The number of rotatable bonds is 5. The van der Waals surface area contributed by atoms with Crippen LogP contribution in [0.15, 0.2) is 18.2 Å². The molecule has 0 aromatic heterocycles. The average molecular weight is 258 g/mol. The number of halogens is 2. The van der Waals surface area contributed by atoms with E-state index in [2.05, 4.69) is 12.2 Å². The number of amides is 1. The van der Waals surface area contributed by atoms with Crippen molar-refractivity contribution in [3.8, 4) is 0 Å². The van der Waals surface area contributed by atoms with Gasteiger partial charge in [0.05, 0.1) is 5.56 Å². The van der Waals surface area contributed by atoms with Crippen molar-refractivity contribution >= 4 is 17.5 Å². The van der Waals surface area contributed by atoms with Crippen LogP contribution >= 0.6 is 11.6 Å². The number of nitrogens with one attached hydrogen (secondary N) is 1. The van der Waals surface area contributed by atoms with Crippen LogP contribution in [0.1, 0.15) is 43.5 Å². The van der Waals surface area contributed by atoms with Crippen molar-refractivity contribution in [3.05, 3.63) is 34.6 Å². The van der Waals surface area contributed by atoms with Gasteiger partial charge < -0.3 is 5.32 Å². The summed E-state index contributed by atoms with van der Waals surface area (Å²) in [5.74, 6) is -0.955. The van der Waals surface area contributed by atoms with Gasteiger partial charge in [0, 0.05) is 11.1 Å². The molecule has 0 saturated heterocycles. The zero-order valence-corrected chi connectivity index (χ0v) is 10.9. The Kier molecular flexibility index (Phi) is 5.42. The molecule has 1 aromatic rings. The molecular weight excluding hydrogens is 241 g/mol. The van der Waals surface area contributed by atoms with E-state index < -0.39 is 11.7 Å². The van der Waals surface area contributed by atoms with Gasteiger partial charge in [-0.05, 0) is 31.5 Å². The number of benzene rings is 1. The first-order chi connectivity index (χ1) is 8.04. The van der Waals surface area contributed by atoms with Gasteiger partial charge in [0.25, 0.3) is 5.91 Å². The topological polar surface area (TPSA) is 29.1 Å². The summed E-state index contributed by atoms with van der Waals surface area (Å²) in [4.78, 5) is 11.8. The lowest BCUT2D eigenvalue weighted by molar-refractivity contribution is 0.0934. The van der Waals surface area contributed by atoms with Gasteiger partial charge in [-0.2, -0.15) is 0 Å². The van der Waals surface area contributed by atoms with E-state index in [1.807, 2.05) is 6.92 Å². The normalized spacial score (nSPS) is 12.2. The highest BCUT2D eigenvalue weighted by molar-refractivity contribution is 6.30. The fourth-order valence-electron chi connectivity index (χ4n) is 1.56. The molecule has 0 fully saturated rings. The summed E-state index contributed by atoms with van der Waals surface area (Å²) in [6.45, 7) is 4.00. The molecule has 17 heavy (non-hydrogen) atoms. The summed E-state index contributed by atoms with van der Waals surface area (Å²) in [6, 6.07) is 4.02. The first-order valence-electron chi connectivity index (χ1n) is 5.80. The summed E-state index contributed by atoms with van der Waals surface area (Å²) >= 11 is 5.73. The SMILES string of the molecule is CCCCC(C)NC(=O)c1cc(Cl)ccc1F. The van der Waals surface area contributed by atoms with Crippen LogP contribution in [0.3, 0.4) is 0 Å². The number of carbonyl (C=O) groups is 1. The van der Waals surface area contributed by atoms with Crippen LogP contribution in [0, 0.1) is 5.82 Å². The summed E-state index contributed by atoms with van der Waals surface area (Å²) in [6.07, 6.45) is 3.01. The highest BCUT2D eigenvalue weighted by atomic mass is 35.5. The first-order valence-corrected chi connectivity index (χ1v) is 6.18. The molecule has 1 N–H and O–H groups in total. The second kappa shape index (κ2) is 6.60. The van der Waals surface area contributed by atoms with Crippen LogP contribution in [-0.2, 0) is 0 Å². The van der Waals surface area contributed by atoms with Gasteiger partial charge in [-0.25, -0.2) is 4.39 Å². The summed E-state index contributed by atoms with van der Waals surface area (Å²) in [7, 11) is 0. The lowest BCUT2D eigenvalue weighted by atomic mass is 10.1. The molecule has 94 valence electrons. The van der Waals surface area contributed by atoms with E-state index in [0.29, 0.717) is 5.02 Å². The third kappa shape index (κ3) is 4.35. The maximum absolute atomic E-state index is 13.4. The third-order valence-corrected chi connectivity index (χ3v) is 2.78. The van der Waals surface area contributed by atoms with Gasteiger partial charge >= 0.3 is 0 Å². The lowest BCUT2D eigenvalue weighted by Crippen LogP contribution is -2.33. The number of hydrogen-bond donors (Lipinski definition) is 1. The zero-order valence-electron chi connectivity index (χ0n) is 10.1. The Hall–Kier alpha value is -1.09. The zero-order chi connectivity index (χ0) is 12.8. The van der Waals surface area contributed by atoms with Gasteiger partial charge in [-0.15, -0.1) is 0 Å². The molecule has 1 unspecified atom stereocenters. The van der Waals surface area contributed by atoms with Crippen LogP contribution in [0.25, 0.3) is 0 Å². The molecule has 0 aliphatic carbocycles. The molecule has 0 spiro atoms. The van der Waals surface area contributed by atoms with Gasteiger partial charge in [0.1, 0.15) is 5.82 Å². The largest absolute Gasteiger partial charge is 0.349 e. The minimum absolute atomic E-state index is 0.000786. The molecule has 0 aliphatic rings. The van der Waals surface area contributed by atoms with E-state index in [-0.39, 0.29) is 11.6 Å². The standard InChI is InChI=1S/C13H17ClFNO/c1-3-4-5-9(2)16-13(17)11-8-10(14)6-7-12(11)15/h6-9H,3-5H2,1-2H3,(H,16,17). The molecule has 1 rings (SSSR count). The number of unbranched alkanes of at least 4 members (excludes halogenated alkanes) is 1. The van der Waals surface area contributed by atoms with Crippen molar-refractivity contribution in [2.24, 2.45) is 0 Å². The minimum atomic E-state index is -0.547. The highest BCUT2D eigenvalue weighted by Crippen LogP contribution is 2.15. The second-order valence-corrected chi connectivity index (χ2v) is 4.58. The minimum Gasteiger partial charge on any atom is -0.349 e. The van der Waals surface area contributed by atoms with Crippen LogP contribution < -0.4 is 5.32 Å². The monoisotopic (exact) mass is 257 g/mol. The Morgan fingerprint density at radius 2 is 2.24 bits per heavy atom. The van der Waals surface area contributed by atoms with E-state index in [4.69, 9.17) is 11.6 Å². The van der Waals surface area contributed by atoms with E-state index in [0.717, 1.165) is 19.3 Å². The van der Waals surface area contributed by atoms with Crippen molar-refractivity contribution in [2.45, 2.75) is 39.2 Å². The van der Waals surface area contributed by atoms with Crippen LogP contribution in [0.2, 0.25) is 5.02 Å². The summed E-state index contributed by atoms with van der Waals surface area (Å²) in [5.41, 5.74) is 0.000786. The van der Waals surface area contributed by atoms with E-state index in [1.165, 1.54) is 18.2 Å². The van der Waals surface area contributed by atoms with Crippen LogP contribution in [0.4, 0.5) is 4.39 Å². The smallest absolute Gasteiger partial charge is 0.254 e.